The van der Waals surface area contributed by atoms with Gasteiger partial charge in [0.05, 0.1) is 12.6 Å². The summed E-state index contributed by atoms with van der Waals surface area (Å²) in [6.07, 6.45) is 4.33. The number of nitrogens with one attached hydrogen (secondary N) is 1. The van der Waals surface area contributed by atoms with Crippen LogP contribution >= 0.6 is 0 Å². The number of hydrogen-bond donors (Lipinski definition) is 2. The molecule has 34 heavy (non-hydrogen) atoms. The summed E-state index contributed by atoms with van der Waals surface area (Å²) in [4.78, 5) is 50.7. The Morgan fingerprint density at radius 1 is 1.24 bits per heavy atom. The quantitative estimate of drug-likeness (QED) is 0.531. The molecule has 0 bridgehead atoms. The Kier molecular flexibility index (Phi) is 9.30. The molecule has 1 aliphatic carbocycles. The number of para-hydroxylation sites is 1. The lowest BCUT2D eigenvalue weighted by molar-refractivity contribution is -0.137. The highest BCUT2D eigenvalue weighted by Gasteiger charge is 2.31. The highest BCUT2D eigenvalue weighted by atomic mass is 16.6. The van der Waals surface area contributed by atoms with Gasteiger partial charge in [0.1, 0.15) is 18.6 Å². The molecule has 1 aromatic rings. The minimum Gasteiger partial charge on any atom is -0.491 e. The number of amides is 3. The van der Waals surface area contributed by atoms with Crippen molar-refractivity contribution in [1.82, 2.24) is 10.2 Å². The lowest BCUT2D eigenvalue weighted by atomic mass is 9.85. The molecule has 1 fully saturated rings. The molecular formula is C25H35N3O6. The van der Waals surface area contributed by atoms with Gasteiger partial charge < -0.3 is 30.2 Å². The molecule has 9 heteroatoms. The second kappa shape index (κ2) is 12.4. The van der Waals surface area contributed by atoms with Gasteiger partial charge in [-0.15, -0.1) is 0 Å². The van der Waals surface area contributed by atoms with Crippen LogP contribution in [0.4, 0.5) is 4.79 Å². The van der Waals surface area contributed by atoms with Crippen molar-refractivity contribution in [2.24, 2.45) is 17.6 Å². The summed E-state index contributed by atoms with van der Waals surface area (Å²) in [5, 5.41) is 2.64. The van der Waals surface area contributed by atoms with E-state index in [1.54, 1.807) is 11.8 Å². The van der Waals surface area contributed by atoms with Crippen LogP contribution in [0.15, 0.2) is 24.3 Å². The van der Waals surface area contributed by atoms with E-state index in [1.165, 1.54) is 0 Å². The van der Waals surface area contributed by atoms with Crippen LogP contribution in [0.3, 0.4) is 0 Å². The molecule has 2 aliphatic rings. The molecule has 3 unspecified atom stereocenters. The van der Waals surface area contributed by atoms with Crippen molar-refractivity contribution >= 4 is 24.2 Å². The predicted octanol–water partition coefficient (Wildman–Crippen LogP) is 2.55. The smallest absolute Gasteiger partial charge is 0.405 e. The minimum atomic E-state index is -1.05. The molecule has 1 heterocycles. The Labute approximate surface area is 200 Å². The molecule has 9 nitrogen and oxygen atoms in total. The molecule has 0 aromatic heterocycles. The SMILES string of the molecule is CC(CC(C=O)NC(=O)C(CC1CCCCC1)OC(N)=O)C(=O)N1CCOc2ccccc2C1. The number of ether oxygens (including phenoxy) is 2. The number of rotatable bonds is 9. The predicted molar refractivity (Wildman–Crippen MR) is 125 cm³/mol. The van der Waals surface area contributed by atoms with Crippen molar-refractivity contribution in [3.8, 4) is 5.75 Å². The number of nitrogens with two attached hydrogens (primary N) is 1. The van der Waals surface area contributed by atoms with Crippen LogP contribution in [0.1, 0.15) is 57.4 Å². The van der Waals surface area contributed by atoms with Crippen LogP contribution < -0.4 is 15.8 Å². The molecular weight excluding hydrogens is 438 g/mol. The number of benzene rings is 1. The van der Waals surface area contributed by atoms with E-state index in [4.69, 9.17) is 15.2 Å². The summed E-state index contributed by atoms with van der Waals surface area (Å²) >= 11 is 0. The Hall–Kier alpha value is -3.10. The fourth-order valence-electron chi connectivity index (χ4n) is 4.81. The van der Waals surface area contributed by atoms with E-state index in [9.17, 15) is 19.2 Å². The van der Waals surface area contributed by atoms with E-state index in [-0.39, 0.29) is 18.2 Å². The third-order valence-electron chi connectivity index (χ3n) is 6.61. The Morgan fingerprint density at radius 2 is 1.97 bits per heavy atom. The molecule has 3 atom stereocenters. The third kappa shape index (κ3) is 7.20. The Morgan fingerprint density at radius 3 is 2.68 bits per heavy atom. The normalized spacial score (nSPS) is 18.9. The topological polar surface area (TPSA) is 128 Å². The first-order valence-corrected chi connectivity index (χ1v) is 12.1. The van der Waals surface area contributed by atoms with Gasteiger partial charge in [-0.05, 0) is 24.8 Å². The largest absolute Gasteiger partial charge is 0.491 e. The summed E-state index contributed by atoms with van der Waals surface area (Å²) in [5.41, 5.74) is 6.10. The fraction of sp³-hybridized carbons (Fsp3) is 0.600. The van der Waals surface area contributed by atoms with Crippen LogP contribution in [-0.2, 0) is 25.7 Å². The number of primary amides is 1. The monoisotopic (exact) mass is 473 g/mol. The maximum Gasteiger partial charge on any atom is 0.405 e. The highest BCUT2D eigenvalue weighted by molar-refractivity contribution is 5.86. The van der Waals surface area contributed by atoms with Crippen LogP contribution in [0.2, 0.25) is 0 Å². The summed E-state index contributed by atoms with van der Waals surface area (Å²) in [7, 11) is 0. The van der Waals surface area contributed by atoms with Gasteiger partial charge in [0.2, 0.25) is 5.91 Å². The van der Waals surface area contributed by atoms with Gasteiger partial charge in [0.25, 0.3) is 5.91 Å². The zero-order valence-electron chi connectivity index (χ0n) is 19.7. The van der Waals surface area contributed by atoms with Gasteiger partial charge in [-0.25, -0.2) is 4.79 Å². The molecule has 186 valence electrons. The standard InChI is InChI=1S/C25H35N3O6/c1-17(24(31)28-11-12-33-21-10-6-5-9-19(21)15-28)13-20(16-29)27-23(30)22(34-25(26)32)14-18-7-3-2-4-8-18/h5-6,9-10,16-18,20,22H,2-4,7-8,11-15H2,1H3,(H2,26,32)(H,27,30). The third-order valence-corrected chi connectivity index (χ3v) is 6.61. The van der Waals surface area contributed by atoms with Crippen molar-refractivity contribution < 1.29 is 28.7 Å². The highest BCUT2D eigenvalue weighted by Crippen LogP contribution is 2.28. The van der Waals surface area contributed by atoms with E-state index < -0.39 is 30.1 Å². The average molecular weight is 474 g/mol. The first kappa shape index (κ1) is 25.5. The van der Waals surface area contributed by atoms with Crippen LogP contribution in [0.5, 0.6) is 5.75 Å². The first-order valence-electron chi connectivity index (χ1n) is 12.1. The molecule has 3 rings (SSSR count). The summed E-state index contributed by atoms with van der Waals surface area (Å²) in [5.74, 6) is -0.143. The van der Waals surface area contributed by atoms with E-state index in [0.29, 0.717) is 32.4 Å². The number of aldehydes is 1. The first-order chi connectivity index (χ1) is 16.4. The molecule has 0 radical (unpaired) electrons. The second-order valence-electron chi connectivity index (χ2n) is 9.27. The molecule has 1 saturated carbocycles. The number of carbonyl (C=O) groups excluding carboxylic acids is 4. The van der Waals surface area contributed by atoms with Crippen LogP contribution in [0, 0.1) is 11.8 Å². The van der Waals surface area contributed by atoms with E-state index >= 15 is 0 Å². The van der Waals surface area contributed by atoms with Gasteiger partial charge in [-0.1, -0.05) is 57.2 Å². The van der Waals surface area contributed by atoms with E-state index in [1.807, 2.05) is 24.3 Å². The molecule has 1 aliphatic heterocycles. The molecule has 0 saturated heterocycles. The summed E-state index contributed by atoms with van der Waals surface area (Å²) in [6, 6.07) is 6.70. The van der Waals surface area contributed by atoms with Crippen LogP contribution in [0.25, 0.3) is 0 Å². The van der Waals surface area contributed by atoms with Gasteiger partial charge in [-0.2, -0.15) is 0 Å². The van der Waals surface area contributed by atoms with Crippen molar-refractivity contribution in [3.05, 3.63) is 29.8 Å². The maximum atomic E-state index is 13.1. The second-order valence-corrected chi connectivity index (χ2v) is 9.27. The van der Waals surface area contributed by atoms with Crippen molar-refractivity contribution in [2.45, 2.75) is 70.6 Å². The van der Waals surface area contributed by atoms with Crippen molar-refractivity contribution in [1.29, 1.82) is 0 Å². The Bertz CT molecular complexity index is 870. The van der Waals surface area contributed by atoms with E-state index in [2.05, 4.69) is 5.32 Å². The lowest BCUT2D eigenvalue weighted by Crippen LogP contribution is -2.47. The summed E-state index contributed by atoms with van der Waals surface area (Å²) < 4.78 is 10.8. The zero-order valence-corrected chi connectivity index (χ0v) is 19.7. The number of hydrogen-bond acceptors (Lipinski definition) is 6. The van der Waals surface area contributed by atoms with Gasteiger partial charge in [0, 0.05) is 18.0 Å². The summed E-state index contributed by atoms with van der Waals surface area (Å²) in [6.45, 7) is 2.98. The Balaban J connectivity index is 1.58. The molecule has 3 N–H and O–H groups in total. The van der Waals surface area contributed by atoms with Crippen molar-refractivity contribution in [3.63, 3.8) is 0 Å². The number of nitrogens with zero attached hydrogens (tertiary/aromatic N) is 1. The van der Waals surface area contributed by atoms with Gasteiger partial charge in [0.15, 0.2) is 6.10 Å². The molecule has 0 spiro atoms. The lowest BCUT2D eigenvalue weighted by Gasteiger charge is -2.27. The molecule has 3 amide bonds. The van der Waals surface area contributed by atoms with Gasteiger partial charge in [-0.3, -0.25) is 9.59 Å². The fourth-order valence-corrected chi connectivity index (χ4v) is 4.81. The number of carbonyl (C=O) groups is 4. The van der Waals surface area contributed by atoms with Gasteiger partial charge >= 0.3 is 6.09 Å². The van der Waals surface area contributed by atoms with E-state index in [0.717, 1.165) is 43.4 Å². The average Bonchev–Trinajstić information content (AvgIpc) is 3.05. The molecule has 1 aromatic carbocycles. The minimum absolute atomic E-state index is 0.117. The maximum absolute atomic E-state index is 13.1. The zero-order chi connectivity index (χ0) is 24.5. The van der Waals surface area contributed by atoms with Crippen molar-refractivity contribution in [2.75, 3.05) is 13.2 Å². The van der Waals surface area contributed by atoms with Crippen LogP contribution in [-0.4, -0.2) is 54.4 Å². The number of fused-ring (bicyclic) bond motifs is 1.